The van der Waals surface area contributed by atoms with Crippen LogP contribution in [0.15, 0.2) is 0 Å². The SMILES string of the molecule is CC(CCC(=O)O)CNC(=O)NC1CC1C. The summed E-state index contributed by atoms with van der Waals surface area (Å²) in [5.41, 5.74) is 0. The number of hydrogen-bond acceptors (Lipinski definition) is 2. The lowest BCUT2D eigenvalue weighted by molar-refractivity contribution is -0.137. The highest BCUT2D eigenvalue weighted by molar-refractivity contribution is 5.74. The Kier molecular flexibility index (Phi) is 4.58. The van der Waals surface area contributed by atoms with E-state index in [-0.39, 0.29) is 18.4 Å². The van der Waals surface area contributed by atoms with Gasteiger partial charge in [-0.05, 0) is 24.7 Å². The fourth-order valence-corrected chi connectivity index (χ4v) is 1.48. The molecule has 0 aromatic rings. The van der Waals surface area contributed by atoms with Crippen molar-refractivity contribution in [2.45, 2.75) is 39.2 Å². The smallest absolute Gasteiger partial charge is 0.315 e. The van der Waals surface area contributed by atoms with Gasteiger partial charge in [0.1, 0.15) is 0 Å². The summed E-state index contributed by atoms with van der Waals surface area (Å²) in [5.74, 6) is -0.00299. The van der Waals surface area contributed by atoms with Crippen LogP contribution in [0.2, 0.25) is 0 Å². The molecule has 0 spiro atoms. The van der Waals surface area contributed by atoms with Crippen LogP contribution in [-0.4, -0.2) is 29.7 Å². The molecule has 3 atom stereocenters. The van der Waals surface area contributed by atoms with E-state index in [2.05, 4.69) is 17.6 Å². The molecule has 16 heavy (non-hydrogen) atoms. The zero-order chi connectivity index (χ0) is 12.1. The average molecular weight is 228 g/mol. The number of nitrogens with one attached hydrogen (secondary N) is 2. The lowest BCUT2D eigenvalue weighted by Gasteiger charge is -2.12. The van der Waals surface area contributed by atoms with E-state index in [1.165, 1.54) is 0 Å². The van der Waals surface area contributed by atoms with Gasteiger partial charge in [0.15, 0.2) is 0 Å². The number of aliphatic carboxylic acids is 1. The van der Waals surface area contributed by atoms with E-state index >= 15 is 0 Å². The Balaban J connectivity index is 2.04. The summed E-state index contributed by atoms with van der Waals surface area (Å²) >= 11 is 0. The molecule has 0 aromatic carbocycles. The summed E-state index contributed by atoms with van der Waals surface area (Å²) in [7, 11) is 0. The van der Waals surface area contributed by atoms with Gasteiger partial charge in [-0.1, -0.05) is 13.8 Å². The average Bonchev–Trinajstić information content (AvgIpc) is 2.88. The topological polar surface area (TPSA) is 78.4 Å². The molecule has 2 amide bonds. The molecule has 1 fully saturated rings. The van der Waals surface area contributed by atoms with E-state index < -0.39 is 5.97 Å². The van der Waals surface area contributed by atoms with Crippen LogP contribution in [0.25, 0.3) is 0 Å². The van der Waals surface area contributed by atoms with Gasteiger partial charge >= 0.3 is 12.0 Å². The number of urea groups is 1. The maximum atomic E-state index is 11.3. The van der Waals surface area contributed by atoms with Gasteiger partial charge in [0.2, 0.25) is 0 Å². The largest absolute Gasteiger partial charge is 0.481 e. The third-order valence-electron chi connectivity index (χ3n) is 2.89. The Bertz CT molecular complexity index is 268. The third-order valence-corrected chi connectivity index (χ3v) is 2.89. The van der Waals surface area contributed by atoms with Crippen LogP contribution >= 0.6 is 0 Å². The molecule has 0 radical (unpaired) electrons. The predicted molar refractivity (Wildman–Crippen MR) is 60.1 cm³/mol. The lowest BCUT2D eigenvalue weighted by Crippen LogP contribution is -2.39. The number of carboxylic acids is 1. The van der Waals surface area contributed by atoms with Crippen molar-refractivity contribution in [3.8, 4) is 0 Å². The van der Waals surface area contributed by atoms with Gasteiger partial charge < -0.3 is 15.7 Å². The Hall–Kier alpha value is -1.26. The lowest BCUT2D eigenvalue weighted by atomic mass is 10.1. The molecule has 0 bridgehead atoms. The van der Waals surface area contributed by atoms with Crippen LogP contribution in [0.1, 0.15) is 33.1 Å². The Morgan fingerprint density at radius 1 is 1.50 bits per heavy atom. The number of amides is 2. The van der Waals surface area contributed by atoms with Gasteiger partial charge in [-0.2, -0.15) is 0 Å². The Morgan fingerprint density at radius 2 is 2.12 bits per heavy atom. The van der Waals surface area contributed by atoms with Crippen LogP contribution in [0.3, 0.4) is 0 Å². The molecule has 0 saturated heterocycles. The minimum atomic E-state index is -0.789. The highest BCUT2D eigenvalue weighted by atomic mass is 16.4. The van der Waals surface area contributed by atoms with Crippen molar-refractivity contribution in [3.63, 3.8) is 0 Å². The number of carbonyl (C=O) groups is 2. The van der Waals surface area contributed by atoms with Crippen molar-refractivity contribution in [2.24, 2.45) is 11.8 Å². The first-order valence-corrected chi connectivity index (χ1v) is 5.75. The van der Waals surface area contributed by atoms with Crippen LogP contribution in [0.4, 0.5) is 4.79 Å². The van der Waals surface area contributed by atoms with Crippen LogP contribution in [0.5, 0.6) is 0 Å². The van der Waals surface area contributed by atoms with Crippen molar-refractivity contribution in [3.05, 3.63) is 0 Å². The van der Waals surface area contributed by atoms with Crippen LogP contribution in [0, 0.1) is 11.8 Å². The monoisotopic (exact) mass is 228 g/mol. The van der Waals surface area contributed by atoms with Gasteiger partial charge in [0.25, 0.3) is 0 Å². The van der Waals surface area contributed by atoms with E-state index in [1.54, 1.807) is 0 Å². The maximum absolute atomic E-state index is 11.3. The molecule has 5 nitrogen and oxygen atoms in total. The van der Waals surface area contributed by atoms with Gasteiger partial charge in [-0.3, -0.25) is 4.79 Å². The molecule has 3 unspecified atom stereocenters. The second-order valence-corrected chi connectivity index (χ2v) is 4.71. The summed E-state index contributed by atoms with van der Waals surface area (Å²) in [6.45, 7) is 4.56. The predicted octanol–water partition coefficient (Wildman–Crippen LogP) is 1.19. The maximum Gasteiger partial charge on any atom is 0.315 e. The summed E-state index contributed by atoms with van der Waals surface area (Å²) < 4.78 is 0. The summed E-state index contributed by atoms with van der Waals surface area (Å²) in [6, 6.07) is 0.186. The number of carboxylic acid groups (broad SMARTS) is 1. The third kappa shape index (κ3) is 5.00. The molecule has 1 rings (SSSR count). The van der Waals surface area contributed by atoms with E-state index in [0.29, 0.717) is 24.9 Å². The summed E-state index contributed by atoms with van der Waals surface area (Å²) in [4.78, 5) is 21.7. The van der Waals surface area contributed by atoms with Crippen LogP contribution < -0.4 is 10.6 Å². The van der Waals surface area contributed by atoms with Crippen LogP contribution in [-0.2, 0) is 4.79 Å². The second kappa shape index (κ2) is 5.72. The second-order valence-electron chi connectivity index (χ2n) is 4.71. The number of rotatable bonds is 6. The van der Waals surface area contributed by atoms with Gasteiger partial charge in [-0.15, -0.1) is 0 Å². The van der Waals surface area contributed by atoms with Crippen molar-refractivity contribution >= 4 is 12.0 Å². The molecule has 3 N–H and O–H groups in total. The molecule has 0 aromatic heterocycles. The van der Waals surface area contributed by atoms with Crippen molar-refractivity contribution in [2.75, 3.05) is 6.54 Å². The van der Waals surface area contributed by atoms with Crippen molar-refractivity contribution < 1.29 is 14.7 Å². The normalized spacial score (nSPS) is 24.6. The van der Waals surface area contributed by atoms with Crippen molar-refractivity contribution in [1.29, 1.82) is 0 Å². The fraction of sp³-hybridized carbons (Fsp3) is 0.818. The first-order chi connectivity index (χ1) is 7.49. The minimum Gasteiger partial charge on any atom is -0.481 e. The molecule has 1 aliphatic rings. The van der Waals surface area contributed by atoms with E-state index in [9.17, 15) is 9.59 Å². The van der Waals surface area contributed by atoms with E-state index in [0.717, 1.165) is 6.42 Å². The molecular formula is C11H20N2O3. The number of carbonyl (C=O) groups excluding carboxylic acids is 1. The van der Waals surface area contributed by atoms with Gasteiger partial charge in [0, 0.05) is 19.0 Å². The summed E-state index contributed by atoms with van der Waals surface area (Å²) in [5, 5.41) is 14.1. The minimum absolute atomic E-state index is 0.142. The first-order valence-electron chi connectivity index (χ1n) is 5.75. The number of hydrogen-bond donors (Lipinski definition) is 3. The van der Waals surface area contributed by atoms with E-state index in [4.69, 9.17) is 5.11 Å². The summed E-state index contributed by atoms with van der Waals surface area (Å²) in [6.07, 6.45) is 1.81. The Morgan fingerprint density at radius 3 is 2.62 bits per heavy atom. The highest BCUT2D eigenvalue weighted by Gasteiger charge is 2.33. The highest BCUT2D eigenvalue weighted by Crippen LogP contribution is 2.28. The zero-order valence-electron chi connectivity index (χ0n) is 9.82. The quantitative estimate of drug-likeness (QED) is 0.639. The van der Waals surface area contributed by atoms with Gasteiger partial charge in [0.05, 0.1) is 0 Å². The standard InChI is InChI=1S/C11H20N2O3/c1-7(3-4-10(14)15)6-12-11(16)13-9-5-8(9)2/h7-9H,3-6H2,1-2H3,(H,14,15)(H2,12,13,16). The Labute approximate surface area is 95.6 Å². The van der Waals surface area contributed by atoms with Gasteiger partial charge in [-0.25, -0.2) is 4.79 Å². The molecule has 1 aliphatic carbocycles. The zero-order valence-corrected chi connectivity index (χ0v) is 9.82. The molecule has 92 valence electrons. The molecule has 0 heterocycles. The molecule has 5 heteroatoms. The first kappa shape index (κ1) is 12.8. The van der Waals surface area contributed by atoms with E-state index in [1.807, 2.05) is 6.92 Å². The molecule has 1 saturated carbocycles. The molecular weight excluding hydrogens is 208 g/mol. The van der Waals surface area contributed by atoms with Crippen molar-refractivity contribution in [1.82, 2.24) is 10.6 Å². The fourth-order valence-electron chi connectivity index (χ4n) is 1.48. The molecule has 0 aliphatic heterocycles.